The number of fused-ring (bicyclic) bond motifs is 1. The van der Waals surface area contributed by atoms with E-state index < -0.39 is 0 Å². The topological polar surface area (TPSA) is 12.0 Å². The zero-order chi connectivity index (χ0) is 19.4. The Balaban J connectivity index is 2.17. The molecule has 2 aliphatic carbocycles. The van der Waals surface area contributed by atoms with Gasteiger partial charge in [0, 0.05) is 0 Å². The smallest absolute Gasteiger partial charge is 0.00518 e. The van der Waals surface area contributed by atoms with E-state index in [2.05, 4.69) is 53.9 Å². The number of hydrogen-bond acceptors (Lipinski definition) is 1. The van der Waals surface area contributed by atoms with E-state index in [0.29, 0.717) is 10.8 Å². The Morgan fingerprint density at radius 1 is 1.12 bits per heavy atom. The lowest BCUT2D eigenvalue weighted by Gasteiger charge is -2.55. The van der Waals surface area contributed by atoms with Gasteiger partial charge in [-0.25, -0.2) is 0 Å². The minimum Gasteiger partial charge on any atom is -0.320 e. The molecule has 0 spiro atoms. The Kier molecular flexibility index (Phi) is 8.08. The van der Waals surface area contributed by atoms with Crippen LogP contribution in [-0.2, 0) is 0 Å². The standard InChI is InChI=1S/C25H49N/c1-8-16-24(5,20(9-2)10-3)23-15-17-25(6)21(12-11-18-26-7)13-14-22(25)19(23)4/h19-23,26H,8-18H2,1-7H3. The summed E-state index contributed by atoms with van der Waals surface area (Å²) >= 11 is 0. The summed E-state index contributed by atoms with van der Waals surface area (Å²) in [5.41, 5.74) is 1.19. The maximum atomic E-state index is 3.35. The van der Waals surface area contributed by atoms with Gasteiger partial charge in [-0.2, -0.15) is 0 Å². The molecule has 6 atom stereocenters. The normalized spacial score (nSPS) is 36.9. The minimum absolute atomic E-state index is 0.559. The maximum Gasteiger partial charge on any atom is -0.00518 e. The van der Waals surface area contributed by atoms with Crippen molar-refractivity contribution < 1.29 is 0 Å². The fourth-order valence-electron chi connectivity index (χ4n) is 7.99. The van der Waals surface area contributed by atoms with Crippen molar-refractivity contribution in [3.63, 3.8) is 0 Å². The lowest BCUT2D eigenvalue weighted by Crippen LogP contribution is -2.48. The fraction of sp³-hybridized carbons (Fsp3) is 1.00. The molecule has 0 aliphatic heterocycles. The molecule has 26 heavy (non-hydrogen) atoms. The van der Waals surface area contributed by atoms with Gasteiger partial charge in [0.2, 0.25) is 0 Å². The number of hydrogen-bond donors (Lipinski definition) is 1. The summed E-state index contributed by atoms with van der Waals surface area (Å²) in [7, 11) is 2.10. The molecule has 2 rings (SSSR count). The van der Waals surface area contributed by atoms with Gasteiger partial charge in [0.25, 0.3) is 0 Å². The fourth-order valence-corrected chi connectivity index (χ4v) is 7.99. The molecule has 0 amide bonds. The average Bonchev–Trinajstić information content (AvgIpc) is 2.94. The van der Waals surface area contributed by atoms with E-state index in [4.69, 9.17) is 0 Å². The van der Waals surface area contributed by atoms with E-state index in [1.54, 1.807) is 0 Å². The first-order chi connectivity index (χ1) is 12.4. The number of nitrogens with one attached hydrogen (secondary N) is 1. The quantitative estimate of drug-likeness (QED) is 0.401. The van der Waals surface area contributed by atoms with Gasteiger partial charge in [-0.15, -0.1) is 0 Å². The highest BCUT2D eigenvalue weighted by molar-refractivity contribution is 5.04. The van der Waals surface area contributed by atoms with Crippen LogP contribution in [0.4, 0.5) is 0 Å². The van der Waals surface area contributed by atoms with Crippen molar-refractivity contribution in [2.45, 2.75) is 106 Å². The van der Waals surface area contributed by atoms with E-state index in [9.17, 15) is 0 Å². The van der Waals surface area contributed by atoms with Crippen LogP contribution in [0.5, 0.6) is 0 Å². The van der Waals surface area contributed by atoms with Crippen LogP contribution in [0.1, 0.15) is 106 Å². The summed E-state index contributed by atoms with van der Waals surface area (Å²) in [5, 5.41) is 3.35. The lowest BCUT2D eigenvalue weighted by atomic mass is 9.50. The zero-order valence-electron chi connectivity index (χ0n) is 19.2. The first kappa shape index (κ1) is 22.3. The monoisotopic (exact) mass is 363 g/mol. The molecule has 1 N–H and O–H groups in total. The Morgan fingerprint density at radius 2 is 1.81 bits per heavy atom. The SMILES string of the molecule is CCCC(C)(C(CC)CC)C1CCC2(C)C(CCCNC)CCC2C1C. The molecular formula is C25H49N. The molecule has 1 nitrogen and oxygen atoms in total. The molecule has 2 fully saturated rings. The highest BCUT2D eigenvalue weighted by atomic mass is 14.8. The second-order valence-corrected chi connectivity index (χ2v) is 10.4. The summed E-state index contributed by atoms with van der Waals surface area (Å²) in [5.74, 6) is 4.73. The molecule has 0 saturated heterocycles. The van der Waals surface area contributed by atoms with E-state index in [-0.39, 0.29) is 0 Å². The first-order valence-corrected chi connectivity index (χ1v) is 12.0. The third-order valence-electron chi connectivity index (χ3n) is 9.40. The molecular weight excluding hydrogens is 314 g/mol. The Hall–Kier alpha value is -0.0400. The third-order valence-corrected chi connectivity index (χ3v) is 9.40. The second kappa shape index (κ2) is 9.44. The summed E-state index contributed by atoms with van der Waals surface area (Å²) in [6.45, 7) is 16.5. The van der Waals surface area contributed by atoms with E-state index in [1.165, 1.54) is 70.8 Å². The van der Waals surface area contributed by atoms with Gasteiger partial charge in [0.05, 0.1) is 0 Å². The van der Waals surface area contributed by atoms with Crippen molar-refractivity contribution in [1.29, 1.82) is 0 Å². The molecule has 0 heterocycles. The van der Waals surface area contributed by atoms with Crippen LogP contribution >= 0.6 is 0 Å². The van der Waals surface area contributed by atoms with Crippen LogP contribution in [0.15, 0.2) is 0 Å². The van der Waals surface area contributed by atoms with Gasteiger partial charge >= 0.3 is 0 Å². The second-order valence-electron chi connectivity index (χ2n) is 10.4. The third kappa shape index (κ3) is 4.03. The van der Waals surface area contributed by atoms with Crippen LogP contribution in [0.3, 0.4) is 0 Å². The van der Waals surface area contributed by atoms with Gasteiger partial charge in [-0.1, -0.05) is 60.8 Å². The van der Waals surface area contributed by atoms with Gasteiger partial charge < -0.3 is 5.32 Å². The summed E-state index contributed by atoms with van der Waals surface area (Å²) in [6, 6.07) is 0. The Morgan fingerprint density at radius 3 is 2.38 bits per heavy atom. The van der Waals surface area contributed by atoms with Gasteiger partial charge in [-0.05, 0) is 99.0 Å². The van der Waals surface area contributed by atoms with E-state index in [0.717, 1.165) is 29.6 Å². The number of rotatable bonds is 10. The van der Waals surface area contributed by atoms with Crippen molar-refractivity contribution in [3.05, 3.63) is 0 Å². The summed E-state index contributed by atoms with van der Waals surface area (Å²) < 4.78 is 0. The first-order valence-electron chi connectivity index (χ1n) is 12.0. The highest BCUT2D eigenvalue weighted by Crippen LogP contribution is 2.63. The van der Waals surface area contributed by atoms with Gasteiger partial charge in [0.15, 0.2) is 0 Å². The molecule has 6 unspecified atom stereocenters. The van der Waals surface area contributed by atoms with Crippen LogP contribution in [0.25, 0.3) is 0 Å². The molecule has 2 saturated carbocycles. The molecule has 0 bridgehead atoms. The average molecular weight is 364 g/mol. The highest BCUT2D eigenvalue weighted by Gasteiger charge is 2.55. The molecule has 0 aromatic rings. The van der Waals surface area contributed by atoms with E-state index >= 15 is 0 Å². The zero-order valence-corrected chi connectivity index (χ0v) is 19.2. The molecule has 0 aromatic heterocycles. The van der Waals surface area contributed by atoms with Crippen molar-refractivity contribution in [3.8, 4) is 0 Å². The van der Waals surface area contributed by atoms with Crippen molar-refractivity contribution >= 4 is 0 Å². The van der Waals surface area contributed by atoms with Crippen LogP contribution < -0.4 is 5.32 Å². The maximum absolute atomic E-state index is 3.35. The van der Waals surface area contributed by atoms with Crippen molar-refractivity contribution in [2.24, 2.45) is 40.4 Å². The molecule has 1 heteroatoms. The van der Waals surface area contributed by atoms with Crippen molar-refractivity contribution in [1.82, 2.24) is 5.32 Å². The largest absolute Gasteiger partial charge is 0.320 e. The van der Waals surface area contributed by atoms with Gasteiger partial charge in [0.1, 0.15) is 0 Å². The molecule has 2 aliphatic rings. The van der Waals surface area contributed by atoms with Crippen LogP contribution in [0, 0.1) is 40.4 Å². The predicted octanol–water partition coefficient (Wildman–Crippen LogP) is 7.31. The molecule has 0 radical (unpaired) electrons. The summed E-state index contributed by atoms with van der Waals surface area (Å²) in [6.07, 6.45) is 14.3. The predicted molar refractivity (Wildman–Crippen MR) is 116 cm³/mol. The lowest BCUT2D eigenvalue weighted by molar-refractivity contribution is -0.0611. The Bertz CT molecular complexity index is 414. The van der Waals surface area contributed by atoms with E-state index in [1.807, 2.05) is 0 Å². The summed E-state index contributed by atoms with van der Waals surface area (Å²) in [4.78, 5) is 0. The molecule has 0 aromatic carbocycles. The Labute approximate surface area is 165 Å². The van der Waals surface area contributed by atoms with Gasteiger partial charge in [-0.3, -0.25) is 0 Å². The van der Waals surface area contributed by atoms with Crippen LogP contribution in [0.2, 0.25) is 0 Å². The molecule has 154 valence electrons. The van der Waals surface area contributed by atoms with Crippen LogP contribution in [-0.4, -0.2) is 13.6 Å². The minimum atomic E-state index is 0.559. The van der Waals surface area contributed by atoms with Crippen molar-refractivity contribution in [2.75, 3.05) is 13.6 Å².